The van der Waals surface area contributed by atoms with Crippen molar-refractivity contribution in [3.05, 3.63) is 18.2 Å². The summed E-state index contributed by atoms with van der Waals surface area (Å²) in [7, 11) is 1.66. The minimum atomic E-state index is 0.0940. The van der Waals surface area contributed by atoms with Gasteiger partial charge in [-0.25, -0.2) is 4.98 Å². The number of anilines is 1. The number of hydrogen-bond donors (Lipinski definition) is 1. The van der Waals surface area contributed by atoms with Gasteiger partial charge in [0.05, 0.1) is 23.2 Å². The van der Waals surface area contributed by atoms with Crippen LogP contribution in [-0.4, -0.2) is 37.6 Å². The van der Waals surface area contributed by atoms with Crippen LogP contribution < -0.4 is 15.0 Å². The number of nitrogens with one attached hydrogen (secondary N) is 1. The Balaban J connectivity index is 1.72. The molecule has 0 bridgehead atoms. The third kappa shape index (κ3) is 2.31. The quantitative estimate of drug-likeness (QED) is 0.934. The molecule has 0 aliphatic carbocycles. The number of fused-ring (bicyclic) bond motifs is 1. The van der Waals surface area contributed by atoms with Crippen LogP contribution in [0.5, 0.6) is 5.75 Å². The molecule has 2 aromatic rings. The van der Waals surface area contributed by atoms with E-state index in [1.807, 2.05) is 25.1 Å². The van der Waals surface area contributed by atoms with E-state index in [4.69, 9.17) is 4.74 Å². The van der Waals surface area contributed by atoms with E-state index < -0.39 is 0 Å². The Morgan fingerprint density at radius 3 is 3.05 bits per heavy atom. The van der Waals surface area contributed by atoms with Gasteiger partial charge in [0.15, 0.2) is 5.13 Å². The van der Waals surface area contributed by atoms with Crippen LogP contribution in [0.2, 0.25) is 0 Å². The highest BCUT2D eigenvalue weighted by Crippen LogP contribution is 2.34. The molecule has 20 heavy (non-hydrogen) atoms. The molecule has 1 saturated heterocycles. The molecule has 1 amide bonds. The van der Waals surface area contributed by atoms with Gasteiger partial charge in [-0.05, 0) is 25.1 Å². The summed E-state index contributed by atoms with van der Waals surface area (Å²) in [5.41, 5.74) is 0.979. The Morgan fingerprint density at radius 1 is 1.55 bits per heavy atom. The van der Waals surface area contributed by atoms with Crippen LogP contribution in [0.15, 0.2) is 18.2 Å². The molecule has 2 heterocycles. The smallest absolute Gasteiger partial charge is 0.226 e. The van der Waals surface area contributed by atoms with Crippen LogP contribution in [0, 0.1) is 5.92 Å². The molecule has 1 aromatic heterocycles. The van der Waals surface area contributed by atoms with Gasteiger partial charge in [0, 0.05) is 19.6 Å². The van der Waals surface area contributed by atoms with Crippen molar-refractivity contribution in [2.24, 2.45) is 5.92 Å². The average Bonchev–Trinajstić information content (AvgIpc) is 2.79. The van der Waals surface area contributed by atoms with E-state index in [1.165, 1.54) is 0 Å². The van der Waals surface area contributed by atoms with Crippen molar-refractivity contribution in [3.8, 4) is 5.75 Å². The van der Waals surface area contributed by atoms with Crippen molar-refractivity contribution in [2.75, 3.05) is 31.6 Å². The molecule has 1 fully saturated rings. The van der Waals surface area contributed by atoms with Gasteiger partial charge in [-0.2, -0.15) is 0 Å². The molecule has 1 N–H and O–H groups in total. The first-order chi connectivity index (χ1) is 9.71. The molecule has 106 valence electrons. The van der Waals surface area contributed by atoms with Crippen molar-refractivity contribution >= 4 is 32.6 Å². The van der Waals surface area contributed by atoms with Crippen LogP contribution in [0.1, 0.15) is 6.92 Å². The van der Waals surface area contributed by atoms with Crippen molar-refractivity contribution in [2.45, 2.75) is 6.92 Å². The Morgan fingerprint density at radius 2 is 2.35 bits per heavy atom. The predicted molar refractivity (Wildman–Crippen MR) is 80.6 cm³/mol. The Labute approximate surface area is 121 Å². The SMILES string of the molecule is CCNC(=O)C1CN(c2nc3ccc(OC)cc3s2)C1. The number of amides is 1. The lowest BCUT2D eigenvalue weighted by Crippen LogP contribution is -2.53. The second-order valence-corrected chi connectivity index (χ2v) is 5.84. The summed E-state index contributed by atoms with van der Waals surface area (Å²) >= 11 is 1.64. The summed E-state index contributed by atoms with van der Waals surface area (Å²) in [6.07, 6.45) is 0. The van der Waals surface area contributed by atoms with E-state index in [2.05, 4.69) is 15.2 Å². The van der Waals surface area contributed by atoms with Crippen LogP contribution in [-0.2, 0) is 4.79 Å². The number of aromatic nitrogens is 1. The minimum Gasteiger partial charge on any atom is -0.497 e. The molecule has 5 nitrogen and oxygen atoms in total. The van der Waals surface area contributed by atoms with E-state index in [0.717, 1.165) is 34.2 Å². The lowest BCUT2D eigenvalue weighted by molar-refractivity contribution is -0.125. The van der Waals surface area contributed by atoms with Crippen LogP contribution in [0.25, 0.3) is 10.2 Å². The number of nitrogens with zero attached hydrogens (tertiary/aromatic N) is 2. The van der Waals surface area contributed by atoms with Gasteiger partial charge in [-0.15, -0.1) is 0 Å². The molecule has 1 aliphatic rings. The summed E-state index contributed by atoms with van der Waals surface area (Å²) in [4.78, 5) is 18.4. The average molecular weight is 291 g/mol. The van der Waals surface area contributed by atoms with Gasteiger partial charge in [-0.3, -0.25) is 4.79 Å². The maximum Gasteiger partial charge on any atom is 0.226 e. The van der Waals surface area contributed by atoms with Crippen molar-refractivity contribution in [3.63, 3.8) is 0 Å². The molecular formula is C14H17N3O2S. The summed E-state index contributed by atoms with van der Waals surface area (Å²) in [5.74, 6) is 1.08. The Kier molecular flexibility index (Phi) is 3.48. The normalized spacial score (nSPS) is 15.2. The largest absolute Gasteiger partial charge is 0.497 e. The van der Waals surface area contributed by atoms with Gasteiger partial charge in [-0.1, -0.05) is 11.3 Å². The number of hydrogen-bond acceptors (Lipinski definition) is 5. The molecule has 3 rings (SSSR count). The van der Waals surface area contributed by atoms with Crippen LogP contribution >= 0.6 is 11.3 Å². The minimum absolute atomic E-state index is 0.0940. The van der Waals surface area contributed by atoms with Crippen LogP contribution in [0.4, 0.5) is 5.13 Å². The van der Waals surface area contributed by atoms with Crippen molar-refractivity contribution in [1.82, 2.24) is 10.3 Å². The first-order valence-corrected chi connectivity index (χ1v) is 7.50. The standard InChI is InChI=1S/C14H17N3O2S/c1-3-15-13(18)9-7-17(8-9)14-16-11-5-4-10(19-2)6-12(11)20-14/h4-6,9H,3,7-8H2,1-2H3,(H,15,18). The number of carbonyl (C=O) groups excluding carboxylic acids is 1. The summed E-state index contributed by atoms with van der Waals surface area (Å²) in [5, 5.41) is 3.84. The lowest BCUT2D eigenvalue weighted by atomic mass is 10.0. The van der Waals surface area contributed by atoms with Gasteiger partial charge < -0.3 is 15.0 Å². The zero-order chi connectivity index (χ0) is 14.1. The van der Waals surface area contributed by atoms with E-state index in [-0.39, 0.29) is 11.8 Å². The van der Waals surface area contributed by atoms with Gasteiger partial charge in [0.1, 0.15) is 5.75 Å². The fourth-order valence-electron chi connectivity index (χ4n) is 2.27. The number of methoxy groups -OCH3 is 1. The number of rotatable bonds is 4. The maximum atomic E-state index is 11.7. The van der Waals surface area contributed by atoms with E-state index in [1.54, 1.807) is 18.4 Å². The summed E-state index contributed by atoms with van der Waals surface area (Å²) < 4.78 is 6.33. The van der Waals surface area contributed by atoms with Gasteiger partial charge >= 0.3 is 0 Å². The summed E-state index contributed by atoms with van der Waals surface area (Å²) in [6.45, 7) is 4.14. The zero-order valence-corrected chi connectivity index (χ0v) is 12.4. The molecule has 0 atom stereocenters. The Bertz CT molecular complexity index is 634. The third-order valence-electron chi connectivity index (χ3n) is 3.46. The number of carbonyl (C=O) groups is 1. The molecular weight excluding hydrogens is 274 g/mol. The van der Waals surface area contributed by atoms with Crippen molar-refractivity contribution < 1.29 is 9.53 Å². The van der Waals surface area contributed by atoms with Gasteiger partial charge in [0.25, 0.3) is 0 Å². The first-order valence-electron chi connectivity index (χ1n) is 6.68. The number of thiazole rings is 1. The summed E-state index contributed by atoms with van der Waals surface area (Å²) in [6, 6.07) is 5.88. The fourth-order valence-corrected chi connectivity index (χ4v) is 3.29. The third-order valence-corrected chi connectivity index (χ3v) is 4.54. The zero-order valence-electron chi connectivity index (χ0n) is 11.5. The highest BCUT2D eigenvalue weighted by atomic mass is 32.1. The molecule has 6 heteroatoms. The Hall–Kier alpha value is -1.82. The molecule has 0 unspecified atom stereocenters. The molecule has 1 aliphatic heterocycles. The molecule has 0 radical (unpaired) electrons. The lowest BCUT2D eigenvalue weighted by Gasteiger charge is -2.37. The van der Waals surface area contributed by atoms with Gasteiger partial charge in [0.2, 0.25) is 5.91 Å². The van der Waals surface area contributed by atoms with Crippen molar-refractivity contribution in [1.29, 1.82) is 0 Å². The highest BCUT2D eigenvalue weighted by molar-refractivity contribution is 7.22. The molecule has 0 spiro atoms. The van der Waals surface area contributed by atoms with E-state index in [0.29, 0.717) is 6.54 Å². The monoisotopic (exact) mass is 291 g/mol. The highest BCUT2D eigenvalue weighted by Gasteiger charge is 2.33. The second-order valence-electron chi connectivity index (χ2n) is 4.83. The molecule has 1 aromatic carbocycles. The topological polar surface area (TPSA) is 54.5 Å². The first kappa shape index (κ1) is 13.2. The van der Waals surface area contributed by atoms with E-state index in [9.17, 15) is 4.79 Å². The number of ether oxygens (including phenoxy) is 1. The number of benzene rings is 1. The van der Waals surface area contributed by atoms with E-state index >= 15 is 0 Å². The maximum absolute atomic E-state index is 11.7. The second kappa shape index (κ2) is 5.28. The fraction of sp³-hybridized carbons (Fsp3) is 0.429. The predicted octanol–water partition coefficient (Wildman–Crippen LogP) is 1.88. The van der Waals surface area contributed by atoms with Crippen LogP contribution in [0.3, 0.4) is 0 Å². The molecule has 0 saturated carbocycles.